The lowest BCUT2D eigenvalue weighted by molar-refractivity contribution is 0.534. The summed E-state index contributed by atoms with van der Waals surface area (Å²) in [5, 5.41) is 0. The molecule has 0 saturated heterocycles. The summed E-state index contributed by atoms with van der Waals surface area (Å²) in [4.78, 5) is 2.53. The van der Waals surface area contributed by atoms with E-state index < -0.39 is 0 Å². The summed E-state index contributed by atoms with van der Waals surface area (Å²) >= 11 is 0. The third kappa shape index (κ3) is 5.54. The fourth-order valence-electron chi connectivity index (χ4n) is 2.34. The zero-order valence-corrected chi connectivity index (χ0v) is 13.9. The van der Waals surface area contributed by atoms with Gasteiger partial charge >= 0.3 is 0 Å². The maximum absolute atomic E-state index is 6.14. The fourth-order valence-corrected chi connectivity index (χ4v) is 2.34. The molecule has 1 aromatic carbocycles. The molecule has 0 amide bonds. The van der Waals surface area contributed by atoms with Crippen molar-refractivity contribution in [2.45, 2.75) is 53.5 Å². The van der Waals surface area contributed by atoms with Crippen LogP contribution in [-0.4, -0.2) is 13.1 Å². The van der Waals surface area contributed by atoms with Gasteiger partial charge in [0.2, 0.25) is 0 Å². The van der Waals surface area contributed by atoms with Crippen molar-refractivity contribution in [1.82, 2.24) is 0 Å². The first-order chi connectivity index (χ1) is 9.41. The van der Waals surface area contributed by atoms with Gasteiger partial charge < -0.3 is 10.6 Å². The van der Waals surface area contributed by atoms with Gasteiger partial charge in [-0.1, -0.05) is 45.9 Å². The minimum Gasteiger partial charge on any atom is -0.371 e. The van der Waals surface area contributed by atoms with Crippen molar-refractivity contribution < 1.29 is 0 Å². The number of hydrogen-bond acceptors (Lipinski definition) is 2. The molecule has 0 bridgehead atoms. The number of nitrogens with two attached hydrogens (primary N) is 1. The average molecular weight is 276 g/mol. The lowest BCUT2D eigenvalue weighted by Crippen LogP contribution is -2.29. The van der Waals surface area contributed by atoms with E-state index >= 15 is 0 Å². The molecular weight excluding hydrogens is 244 g/mol. The SMILES string of the molecule is CC(C)CCN(CCC(C)C)c1ccccc1C(C)N. The van der Waals surface area contributed by atoms with Crippen molar-refractivity contribution in [2.75, 3.05) is 18.0 Å². The van der Waals surface area contributed by atoms with Gasteiger partial charge in [-0.15, -0.1) is 0 Å². The van der Waals surface area contributed by atoms with Gasteiger partial charge in [0.05, 0.1) is 0 Å². The van der Waals surface area contributed by atoms with Crippen molar-refractivity contribution in [3.8, 4) is 0 Å². The molecular formula is C18H32N2. The van der Waals surface area contributed by atoms with Crippen LogP contribution < -0.4 is 10.6 Å². The van der Waals surface area contributed by atoms with Gasteiger partial charge in [0.25, 0.3) is 0 Å². The first-order valence-corrected chi connectivity index (χ1v) is 8.01. The molecule has 1 atom stereocenters. The van der Waals surface area contributed by atoms with Gasteiger partial charge in [-0.05, 0) is 43.2 Å². The lowest BCUT2D eigenvalue weighted by Gasteiger charge is -2.29. The van der Waals surface area contributed by atoms with E-state index in [-0.39, 0.29) is 6.04 Å². The normalized spacial score (nSPS) is 13.0. The van der Waals surface area contributed by atoms with E-state index in [2.05, 4.69) is 63.8 Å². The van der Waals surface area contributed by atoms with Gasteiger partial charge in [0.1, 0.15) is 0 Å². The standard InChI is InChI=1S/C18H32N2/c1-14(2)10-12-20(13-11-15(3)4)18-9-7-6-8-17(18)16(5)19/h6-9,14-16H,10-13,19H2,1-5H3. The molecule has 114 valence electrons. The summed E-state index contributed by atoms with van der Waals surface area (Å²) in [6.45, 7) is 13.5. The third-order valence-electron chi connectivity index (χ3n) is 3.72. The number of hydrogen-bond donors (Lipinski definition) is 1. The molecule has 0 aliphatic rings. The number of benzene rings is 1. The lowest BCUT2D eigenvalue weighted by atomic mass is 10.0. The Bertz CT molecular complexity index is 371. The molecule has 0 aromatic heterocycles. The Balaban J connectivity index is 2.90. The molecule has 0 spiro atoms. The second-order valence-corrected chi connectivity index (χ2v) is 6.70. The molecule has 0 aliphatic heterocycles. The zero-order valence-electron chi connectivity index (χ0n) is 13.9. The van der Waals surface area contributed by atoms with E-state index in [4.69, 9.17) is 5.73 Å². The van der Waals surface area contributed by atoms with E-state index in [1.54, 1.807) is 0 Å². The van der Waals surface area contributed by atoms with Crippen LogP contribution in [0.5, 0.6) is 0 Å². The van der Waals surface area contributed by atoms with Crippen LogP contribution in [0, 0.1) is 11.8 Å². The van der Waals surface area contributed by atoms with Crippen molar-refractivity contribution in [3.05, 3.63) is 29.8 Å². The van der Waals surface area contributed by atoms with Crippen LogP contribution in [0.1, 0.15) is 59.1 Å². The molecule has 2 nitrogen and oxygen atoms in total. The van der Waals surface area contributed by atoms with Gasteiger partial charge in [-0.2, -0.15) is 0 Å². The number of anilines is 1. The first-order valence-electron chi connectivity index (χ1n) is 8.01. The summed E-state index contributed by atoms with van der Waals surface area (Å²) in [5.74, 6) is 1.47. The summed E-state index contributed by atoms with van der Waals surface area (Å²) in [6.07, 6.45) is 2.46. The molecule has 20 heavy (non-hydrogen) atoms. The molecule has 0 heterocycles. The Morgan fingerprint density at radius 3 is 1.85 bits per heavy atom. The minimum absolute atomic E-state index is 0.0896. The highest BCUT2D eigenvalue weighted by Gasteiger charge is 2.14. The highest BCUT2D eigenvalue weighted by Crippen LogP contribution is 2.26. The number of para-hydroxylation sites is 1. The molecule has 1 rings (SSSR count). The summed E-state index contributed by atoms with van der Waals surface area (Å²) in [7, 11) is 0. The molecule has 2 N–H and O–H groups in total. The topological polar surface area (TPSA) is 29.3 Å². The highest BCUT2D eigenvalue weighted by atomic mass is 15.1. The molecule has 0 aliphatic carbocycles. The smallest absolute Gasteiger partial charge is 0.0414 e. The van der Waals surface area contributed by atoms with E-state index in [1.165, 1.54) is 24.1 Å². The maximum Gasteiger partial charge on any atom is 0.0414 e. The molecule has 0 saturated carbocycles. The van der Waals surface area contributed by atoms with Crippen LogP contribution >= 0.6 is 0 Å². The van der Waals surface area contributed by atoms with Crippen molar-refractivity contribution in [2.24, 2.45) is 17.6 Å². The maximum atomic E-state index is 6.14. The molecule has 2 heteroatoms. The average Bonchev–Trinajstić information content (AvgIpc) is 2.38. The quantitative estimate of drug-likeness (QED) is 0.751. The predicted molar refractivity (Wildman–Crippen MR) is 90.2 cm³/mol. The minimum atomic E-state index is 0.0896. The Morgan fingerprint density at radius 1 is 0.900 bits per heavy atom. The monoisotopic (exact) mass is 276 g/mol. The van der Waals surface area contributed by atoms with Crippen LogP contribution in [0.3, 0.4) is 0 Å². The summed E-state index contributed by atoms with van der Waals surface area (Å²) in [6, 6.07) is 8.69. The van der Waals surface area contributed by atoms with Gasteiger partial charge in [-0.25, -0.2) is 0 Å². The Morgan fingerprint density at radius 2 is 1.40 bits per heavy atom. The second-order valence-electron chi connectivity index (χ2n) is 6.70. The van der Waals surface area contributed by atoms with Crippen molar-refractivity contribution in [3.63, 3.8) is 0 Å². The fraction of sp³-hybridized carbons (Fsp3) is 0.667. The van der Waals surface area contributed by atoms with E-state index in [9.17, 15) is 0 Å². The largest absolute Gasteiger partial charge is 0.371 e. The number of rotatable bonds is 8. The summed E-state index contributed by atoms with van der Waals surface area (Å²) in [5.41, 5.74) is 8.72. The third-order valence-corrected chi connectivity index (χ3v) is 3.72. The Kier molecular flexibility index (Phi) is 7.08. The van der Waals surface area contributed by atoms with Crippen LogP contribution in [0.2, 0.25) is 0 Å². The Hall–Kier alpha value is -1.02. The van der Waals surface area contributed by atoms with Gasteiger partial charge in [0, 0.05) is 24.8 Å². The predicted octanol–water partition coefficient (Wildman–Crippen LogP) is 4.60. The van der Waals surface area contributed by atoms with Crippen molar-refractivity contribution >= 4 is 5.69 Å². The molecule has 0 radical (unpaired) electrons. The first kappa shape index (κ1) is 17.0. The van der Waals surface area contributed by atoms with Gasteiger partial charge in [0.15, 0.2) is 0 Å². The van der Waals surface area contributed by atoms with Crippen LogP contribution in [0.4, 0.5) is 5.69 Å². The highest BCUT2D eigenvalue weighted by molar-refractivity contribution is 5.54. The molecule has 1 unspecified atom stereocenters. The molecule has 1 aromatic rings. The van der Waals surface area contributed by atoms with Crippen LogP contribution in [-0.2, 0) is 0 Å². The molecule has 0 fully saturated rings. The second kappa shape index (κ2) is 8.31. The zero-order chi connectivity index (χ0) is 15.1. The van der Waals surface area contributed by atoms with E-state index in [0.29, 0.717) is 0 Å². The van der Waals surface area contributed by atoms with Crippen LogP contribution in [0.25, 0.3) is 0 Å². The van der Waals surface area contributed by atoms with E-state index in [0.717, 1.165) is 24.9 Å². The van der Waals surface area contributed by atoms with Crippen LogP contribution in [0.15, 0.2) is 24.3 Å². The Labute approximate surface area is 125 Å². The number of nitrogens with zero attached hydrogens (tertiary/aromatic N) is 1. The summed E-state index contributed by atoms with van der Waals surface area (Å²) < 4.78 is 0. The van der Waals surface area contributed by atoms with E-state index in [1.807, 2.05) is 0 Å². The van der Waals surface area contributed by atoms with Gasteiger partial charge in [-0.3, -0.25) is 0 Å². The van der Waals surface area contributed by atoms with Crippen molar-refractivity contribution in [1.29, 1.82) is 0 Å².